The molecule has 0 radical (unpaired) electrons. The van der Waals surface area contributed by atoms with Crippen molar-refractivity contribution >= 4 is 5.69 Å². The largest absolute Gasteiger partial charge is 0.432 e. The van der Waals surface area contributed by atoms with Crippen molar-refractivity contribution < 1.29 is 31.1 Å². The molecule has 3 aliphatic rings. The van der Waals surface area contributed by atoms with Crippen molar-refractivity contribution in [2.75, 3.05) is 0 Å². The van der Waals surface area contributed by atoms with Crippen molar-refractivity contribution in [2.45, 2.75) is 44.9 Å². The molecule has 0 heterocycles. The molecular weight excluding hydrogens is 386 g/mol. The summed E-state index contributed by atoms with van der Waals surface area (Å²) in [5, 5.41) is 9.18. The predicted molar refractivity (Wildman–Crippen MR) is 86.2 cm³/mol. The summed E-state index contributed by atoms with van der Waals surface area (Å²) < 4.78 is 88.1. The van der Waals surface area contributed by atoms with Crippen LogP contribution in [0.15, 0.2) is 24.0 Å². The van der Waals surface area contributed by atoms with E-state index in [9.17, 15) is 22.8 Å². The van der Waals surface area contributed by atoms with E-state index >= 15 is 8.78 Å². The molecule has 1 aromatic rings. The van der Waals surface area contributed by atoms with Gasteiger partial charge in [-0.25, -0.2) is 9.24 Å². The van der Waals surface area contributed by atoms with Gasteiger partial charge in [0.1, 0.15) is 17.1 Å². The number of fused-ring (bicyclic) bond motifs is 2. The molecule has 0 N–H and O–H groups in total. The van der Waals surface area contributed by atoms with E-state index in [-0.39, 0.29) is 25.7 Å². The van der Waals surface area contributed by atoms with Crippen LogP contribution in [0.25, 0.3) is 4.85 Å². The van der Waals surface area contributed by atoms with Gasteiger partial charge in [0.05, 0.1) is 23.6 Å². The zero-order valence-electron chi connectivity index (χ0n) is 14.6. The quantitative estimate of drug-likeness (QED) is 0.427. The Labute approximate surface area is 157 Å². The van der Waals surface area contributed by atoms with Crippen LogP contribution in [-0.4, -0.2) is 6.11 Å². The summed E-state index contributed by atoms with van der Waals surface area (Å²) in [5.74, 6) is -1.50. The molecule has 0 spiro atoms. The summed E-state index contributed by atoms with van der Waals surface area (Å²) in [7, 11) is 0. The van der Waals surface area contributed by atoms with Gasteiger partial charge in [-0.05, 0) is 37.8 Å². The maximum atomic E-state index is 15.0. The standard InChI is InChI=1S/C19H14F6N2O/c1-16-5-7-17(8-6-16,9-14(16)20)19(24,25)28-13-4-3-12(18(21,22)23)15(27-2)11(13)10-26/h3-4,9H,5-8H2,1H3. The van der Waals surface area contributed by atoms with E-state index in [4.69, 9.17) is 11.3 Å². The third-order valence-electron chi connectivity index (χ3n) is 5.71. The highest BCUT2D eigenvalue weighted by Gasteiger charge is 2.61. The summed E-state index contributed by atoms with van der Waals surface area (Å²) in [6, 6.07) is 2.36. The maximum Gasteiger partial charge on any atom is 0.407 e. The van der Waals surface area contributed by atoms with E-state index in [1.54, 1.807) is 6.92 Å². The summed E-state index contributed by atoms with van der Waals surface area (Å²) in [6.07, 6.45) is -7.85. The van der Waals surface area contributed by atoms with Crippen molar-refractivity contribution in [3.05, 3.63) is 46.6 Å². The van der Waals surface area contributed by atoms with Crippen molar-refractivity contribution in [1.29, 1.82) is 5.26 Å². The summed E-state index contributed by atoms with van der Waals surface area (Å²) in [5.41, 5.74) is -6.20. The number of hydrogen-bond donors (Lipinski definition) is 0. The lowest BCUT2D eigenvalue weighted by atomic mass is 9.58. The van der Waals surface area contributed by atoms with Crippen molar-refractivity contribution in [3.63, 3.8) is 0 Å². The minimum Gasteiger partial charge on any atom is -0.432 e. The highest BCUT2D eigenvalue weighted by Crippen LogP contribution is 2.61. The molecule has 28 heavy (non-hydrogen) atoms. The monoisotopic (exact) mass is 400 g/mol. The lowest BCUT2D eigenvalue weighted by Crippen LogP contribution is -2.51. The van der Waals surface area contributed by atoms with Crippen molar-refractivity contribution in [2.24, 2.45) is 10.8 Å². The van der Waals surface area contributed by atoms with Crippen LogP contribution in [0.1, 0.15) is 43.7 Å². The molecule has 1 aromatic carbocycles. The second kappa shape index (κ2) is 6.16. The average molecular weight is 400 g/mol. The van der Waals surface area contributed by atoms with Crippen LogP contribution in [0, 0.1) is 28.7 Å². The predicted octanol–water partition coefficient (Wildman–Crippen LogP) is 6.53. The van der Waals surface area contributed by atoms with E-state index < -0.39 is 51.5 Å². The fourth-order valence-corrected chi connectivity index (χ4v) is 3.77. The molecule has 0 atom stereocenters. The van der Waals surface area contributed by atoms with Crippen LogP contribution in [-0.2, 0) is 6.18 Å². The number of rotatable bonds is 3. The van der Waals surface area contributed by atoms with E-state index in [1.807, 2.05) is 0 Å². The van der Waals surface area contributed by atoms with Gasteiger partial charge in [0.25, 0.3) is 0 Å². The Morgan fingerprint density at radius 2 is 1.75 bits per heavy atom. The van der Waals surface area contributed by atoms with Gasteiger partial charge in [-0.1, -0.05) is 13.0 Å². The fourth-order valence-electron chi connectivity index (χ4n) is 3.77. The topological polar surface area (TPSA) is 37.4 Å². The molecule has 148 valence electrons. The van der Waals surface area contributed by atoms with Crippen LogP contribution in [0.2, 0.25) is 0 Å². The first-order chi connectivity index (χ1) is 12.9. The molecule has 2 bridgehead atoms. The zero-order valence-corrected chi connectivity index (χ0v) is 14.6. The van der Waals surface area contributed by atoms with Crippen LogP contribution in [0.5, 0.6) is 5.75 Å². The van der Waals surface area contributed by atoms with Gasteiger partial charge in [0.2, 0.25) is 5.69 Å². The van der Waals surface area contributed by atoms with Gasteiger partial charge >= 0.3 is 12.3 Å². The number of hydrogen-bond acceptors (Lipinski definition) is 2. The average Bonchev–Trinajstić information content (AvgIpc) is 2.61. The Morgan fingerprint density at radius 1 is 1.14 bits per heavy atom. The Hall–Kier alpha value is -2.68. The second-order valence-corrected chi connectivity index (χ2v) is 7.38. The number of halogens is 6. The molecule has 3 nitrogen and oxygen atoms in total. The third-order valence-corrected chi connectivity index (χ3v) is 5.71. The van der Waals surface area contributed by atoms with Crippen LogP contribution in [0.3, 0.4) is 0 Å². The smallest absolute Gasteiger partial charge is 0.407 e. The fraction of sp³-hybridized carbons (Fsp3) is 0.474. The number of nitrogens with zero attached hydrogens (tertiary/aromatic N) is 2. The van der Waals surface area contributed by atoms with Gasteiger partial charge < -0.3 is 4.74 Å². The molecule has 1 saturated carbocycles. The van der Waals surface area contributed by atoms with E-state index in [1.165, 1.54) is 6.07 Å². The van der Waals surface area contributed by atoms with Gasteiger partial charge in [-0.2, -0.15) is 27.2 Å². The first-order valence-corrected chi connectivity index (χ1v) is 8.37. The van der Waals surface area contributed by atoms with Crippen molar-refractivity contribution in [1.82, 2.24) is 0 Å². The molecule has 1 fully saturated rings. The van der Waals surface area contributed by atoms with Gasteiger partial charge in [-0.15, -0.1) is 0 Å². The number of nitriles is 1. The molecule has 0 unspecified atom stereocenters. The maximum absolute atomic E-state index is 15.0. The number of allylic oxidation sites excluding steroid dienone is 1. The molecule has 0 aliphatic heterocycles. The van der Waals surface area contributed by atoms with Crippen molar-refractivity contribution in [3.8, 4) is 11.8 Å². The lowest BCUT2D eigenvalue weighted by molar-refractivity contribution is -0.260. The lowest BCUT2D eigenvalue weighted by Gasteiger charge is -2.50. The highest BCUT2D eigenvalue weighted by atomic mass is 19.4. The van der Waals surface area contributed by atoms with E-state index in [0.717, 1.165) is 6.08 Å². The minimum atomic E-state index is -4.94. The molecule has 0 saturated heterocycles. The Balaban J connectivity index is 2.05. The molecule has 0 amide bonds. The van der Waals surface area contributed by atoms with Gasteiger partial charge in [0.15, 0.2) is 0 Å². The number of benzene rings is 1. The van der Waals surface area contributed by atoms with Gasteiger partial charge in [-0.3, -0.25) is 0 Å². The zero-order chi connectivity index (χ0) is 21.0. The van der Waals surface area contributed by atoms with Crippen LogP contribution >= 0.6 is 0 Å². The molecule has 3 aliphatic carbocycles. The van der Waals surface area contributed by atoms with E-state index in [0.29, 0.717) is 12.1 Å². The summed E-state index contributed by atoms with van der Waals surface area (Å²) in [6.45, 7) is 8.58. The third kappa shape index (κ3) is 2.90. The van der Waals surface area contributed by atoms with Crippen LogP contribution in [0.4, 0.5) is 32.0 Å². The Bertz CT molecular complexity index is 927. The second-order valence-electron chi connectivity index (χ2n) is 7.38. The Morgan fingerprint density at radius 3 is 2.21 bits per heavy atom. The molecule has 0 aromatic heterocycles. The number of alkyl halides is 5. The molecule has 9 heteroatoms. The molecule has 4 rings (SSSR count). The normalized spacial score (nSPS) is 27.0. The first-order valence-electron chi connectivity index (χ1n) is 8.37. The first kappa shape index (κ1) is 20.1. The highest BCUT2D eigenvalue weighted by molar-refractivity contribution is 5.69. The Kier molecular flexibility index (Phi) is 4.42. The SMILES string of the molecule is [C-]#[N+]c1c(C(F)(F)F)ccc(OC(F)(F)C23C=C(F)C(C)(CC2)CC3)c1C#N. The number of ether oxygens (including phenoxy) is 1. The van der Waals surface area contributed by atoms with Crippen LogP contribution < -0.4 is 4.74 Å². The van der Waals surface area contributed by atoms with E-state index in [2.05, 4.69) is 4.85 Å². The molecular formula is C19H14F6N2O. The minimum absolute atomic E-state index is 0.0673. The van der Waals surface area contributed by atoms with Gasteiger partial charge in [0, 0.05) is 5.41 Å². The summed E-state index contributed by atoms with van der Waals surface area (Å²) in [4.78, 5) is 2.69. The summed E-state index contributed by atoms with van der Waals surface area (Å²) >= 11 is 0.